The van der Waals surface area contributed by atoms with Gasteiger partial charge >= 0.3 is 0 Å². The average Bonchev–Trinajstić information content (AvgIpc) is 3.57. The molecule has 0 radical (unpaired) electrons. The van der Waals surface area contributed by atoms with E-state index in [0.717, 1.165) is 10.5 Å². The van der Waals surface area contributed by atoms with Crippen LogP contribution in [0.3, 0.4) is 0 Å². The fourth-order valence-corrected chi connectivity index (χ4v) is 6.50. The van der Waals surface area contributed by atoms with Gasteiger partial charge in [0, 0.05) is 32.7 Å². The van der Waals surface area contributed by atoms with Crippen molar-refractivity contribution < 1.29 is 23.9 Å². The highest BCUT2D eigenvalue weighted by molar-refractivity contribution is 8.00. The zero-order valence-corrected chi connectivity index (χ0v) is 29.6. The van der Waals surface area contributed by atoms with Gasteiger partial charge in [-0.1, -0.05) is 65.7 Å². The Kier molecular flexibility index (Phi) is 12.0. The highest BCUT2D eigenvalue weighted by atomic mass is 35.5. The monoisotopic (exact) mass is 732 g/mol. The number of para-hydroxylation sites is 1. The largest absolute Gasteiger partial charge is 0.493 e. The number of hydrogen-bond donors (Lipinski definition) is 3. The first kappa shape index (κ1) is 35.5. The number of nitrogens with zero attached hydrogens (tertiary/aromatic N) is 1. The van der Waals surface area contributed by atoms with Crippen LogP contribution in [0.1, 0.15) is 22.8 Å². The number of carbonyl (C=O) groups is 3. The van der Waals surface area contributed by atoms with E-state index in [4.69, 9.17) is 32.7 Å². The summed E-state index contributed by atoms with van der Waals surface area (Å²) in [5.74, 6) is -0.398. The number of carbonyl (C=O) groups excluding carboxylic acids is 3. The molecule has 0 aliphatic rings. The predicted molar refractivity (Wildman–Crippen MR) is 198 cm³/mol. The number of nitrogens with one attached hydrogen (secondary N) is 3. The van der Waals surface area contributed by atoms with Gasteiger partial charge in [-0.2, -0.15) is 0 Å². The molecule has 0 saturated heterocycles. The third-order valence-electron chi connectivity index (χ3n) is 6.99. The fourth-order valence-electron chi connectivity index (χ4n) is 4.55. The molecule has 0 spiro atoms. The second-order valence-electron chi connectivity index (χ2n) is 10.4. The fraction of sp³-hybridized carbons (Fsp3) is 0.111. The molecule has 49 heavy (non-hydrogen) atoms. The van der Waals surface area contributed by atoms with Gasteiger partial charge in [0.2, 0.25) is 5.91 Å². The van der Waals surface area contributed by atoms with Crippen LogP contribution in [-0.4, -0.2) is 42.2 Å². The van der Waals surface area contributed by atoms with E-state index in [1.807, 2.05) is 17.5 Å². The number of halogens is 2. The van der Waals surface area contributed by atoms with Gasteiger partial charge < -0.3 is 25.4 Å². The van der Waals surface area contributed by atoms with Gasteiger partial charge in [-0.25, -0.2) is 4.98 Å². The molecule has 250 valence electrons. The molecule has 0 aliphatic carbocycles. The number of methoxy groups -OCH3 is 2. The summed E-state index contributed by atoms with van der Waals surface area (Å²) in [5.41, 5.74) is 2.80. The Balaban J connectivity index is 1.29. The average molecular weight is 734 g/mol. The van der Waals surface area contributed by atoms with Gasteiger partial charge in [-0.05, 0) is 61.5 Å². The summed E-state index contributed by atoms with van der Waals surface area (Å²) >= 11 is 14.8. The molecule has 13 heteroatoms. The maximum absolute atomic E-state index is 13.7. The molecule has 1 heterocycles. The molecule has 0 aliphatic heterocycles. The minimum Gasteiger partial charge on any atom is -0.493 e. The summed E-state index contributed by atoms with van der Waals surface area (Å²) < 4.78 is 10.9. The Morgan fingerprint density at radius 2 is 1.65 bits per heavy atom. The molecule has 1 aromatic heterocycles. The van der Waals surface area contributed by atoms with E-state index in [1.165, 1.54) is 43.4 Å². The van der Waals surface area contributed by atoms with Gasteiger partial charge in [0.1, 0.15) is 5.70 Å². The Morgan fingerprint density at radius 3 is 2.39 bits per heavy atom. The second-order valence-corrected chi connectivity index (χ2v) is 13.4. The summed E-state index contributed by atoms with van der Waals surface area (Å²) in [5, 5.41) is 11.1. The number of aromatic nitrogens is 1. The van der Waals surface area contributed by atoms with Crippen molar-refractivity contribution in [3.63, 3.8) is 0 Å². The standard InChI is InChI=1S/C36H30Cl2N4O5S2/c1-21(33(43)42-36-41-30(20-48-36)23-15-16-27(37)28(38)17-23)49-26-13-8-12-25(19-26)39-35(45)29(40-34(44)22-9-5-4-6-10-22)18-24-11-7-14-31(46-2)32(24)47-3/h4-21H,1-3H3,(H,39,45)(H,40,44)(H,41,42,43)/b29-18+. The lowest BCUT2D eigenvalue weighted by Crippen LogP contribution is -2.30. The van der Waals surface area contributed by atoms with Crippen LogP contribution in [0.25, 0.3) is 17.3 Å². The molecule has 1 unspecified atom stereocenters. The molecule has 0 bridgehead atoms. The van der Waals surface area contributed by atoms with Crippen LogP contribution >= 0.6 is 46.3 Å². The van der Waals surface area contributed by atoms with E-state index in [1.54, 1.807) is 85.8 Å². The number of hydrogen-bond acceptors (Lipinski definition) is 8. The first-order chi connectivity index (χ1) is 23.6. The first-order valence-electron chi connectivity index (χ1n) is 14.7. The van der Waals surface area contributed by atoms with Gasteiger partial charge in [0.05, 0.1) is 35.2 Å². The molecule has 9 nitrogen and oxygen atoms in total. The molecule has 5 rings (SSSR count). The van der Waals surface area contributed by atoms with Gasteiger partial charge in [0.15, 0.2) is 16.6 Å². The summed E-state index contributed by atoms with van der Waals surface area (Å²) in [6, 6.07) is 26.1. The Bertz CT molecular complexity index is 2020. The van der Waals surface area contributed by atoms with Crippen molar-refractivity contribution in [1.29, 1.82) is 0 Å². The number of ether oxygens (including phenoxy) is 2. The van der Waals surface area contributed by atoms with Crippen molar-refractivity contribution in [2.24, 2.45) is 0 Å². The van der Waals surface area contributed by atoms with Gasteiger partial charge in [-0.15, -0.1) is 23.1 Å². The summed E-state index contributed by atoms with van der Waals surface area (Å²) in [4.78, 5) is 45.1. The lowest BCUT2D eigenvalue weighted by atomic mass is 10.1. The van der Waals surface area contributed by atoms with Crippen LogP contribution in [0.4, 0.5) is 10.8 Å². The smallest absolute Gasteiger partial charge is 0.272 e. The minimum atomic E-state index is -0.566. The maximum atomic E-state index is 13.7. The van der Waals surface area contributed by atoms with Crippen LogP contribution in [0.2, 0.25) is 10.0 Å². The first-order valence-corrected chi connectivity index (χ1v) is 17.3. The number of thiazole rings is 1. The lowest BCUT2D eigenvalue weighted by Gasteiger charge is -2.15. The van der Waals surface area contributed by atoms with Crippen LogP contribution in [-0.2, 0) is 9.59 Å². The summed E-state index contributed by atoms with van der Waals surface area (Å²) in [7, 11) is 3.01. The molecule has 4 aromatic carbocycles. The van der Waals surface area contributed by atoms with Crippen LogP contribution in [0, 0.1) is 0 Å². The van der Waals surface area contributed by atoms with E-state index in [9.17, 15) is 14.4 Å². The molecule has 3 amide bonds. The zero-order valence-electron chi connectivity index (χ0n) is 26.5. The van der Waals surface area contributed by atoms with Crippen molar-refractivity contribution in [3.8, 4) is 22.8 Å². The quantitative estimate of drug-likeness (QED) is 0.0868. The van der Waals surface area contributed by atoms with Crippen LogP contribution in [0.5, 0.6) is 11.5 Å². The molecule has 0 fully saturated rings. The molecular weight excluding hydrogens is 703 g/mol. The van der Waals surface area contributed by atoms with Crippen molar-refractivity contribution in [1.82, 2.24) is 10.3 Å². The molecular formula is C36H30Cl2N4O5S2. The minimum absolute atomic E-state index is 0.0186. The molecule has 1 atom stereocenters. The third kappa shape index (κ3) is 9.21. The van der Waals surface area contributed by atoms with Crippen LogP contribution < -0.4 is 25.4 Å². The van der Waals surface area contributed by atoms with E-state index in [0.29, 0.717) is 49.2 Å². The SMILES string of the molecule is COc1cccc(/C=C(/NC(=O)c2ccccc2)C(=O)Nc2cccc(SC(C)C(=O)Nc3nc(-c4ccc(Cl)c(Cl)c4)cs3)c2)c1OC. The topological polar surface area (TPSA) is 119 Å². The Morgan fingerprint density at radius 1 is 0.878 bits per heavy atom. The highest BCUT2D eigenvalue weighted by Gasteiger charge is 2.20. The number of benzene rings is 4. The lowest BCUT2D eigenvalue weighted by molar-refractivity contribution is -0.115. The van der Waals surface area contributed by atoms with Gasteiger partial charge in [0.25, 0.3) is 11.8 Å². The normalized spacial score (nSPS) is 11.7. The number of amides is 3. The van der Waals surface area contributed by atoms with Crippen LogP contribution in [0.15, 0.2) is 107 Å². The molecule has 5 aromatic rings. The molecule has 0 saturated carbocycles. The van der Waals surface area contributed by atoms with E-state index in [-0.39, 0.29) is 11.6 Å². The predicted octanol–water partition coefficient (Wildman–Crippen LogP) is 8.66. The Labute approximate surface area is 301 Å². The van der Waals surface area contributed by atoms with Gasteiger partial charge in [-0.3, -0.25) is 14.4 Å². The zero-order chi connectivity index (χ0) is 34.9. The number of rotatable bonds is 12. The highest BCUT2D eigenvalue weighted by Crippen LogP contribution is 2.33. The summed E-state index contributed by atoms with van der Waals surface area (Å²) in [6.07, 6.45) is 1.52. The van der Waals surface area contributed by atoms with E-state index >= 15 is 0 Å². The maximum Gasteiger partial charge on any atom is 0.272 e. The number of anilines is 2. The second kappa shape index (κ2) is 16.5. The van der Waals surface area contributed by atoms with E-state index < -0.39 is 17.1 Å². The van der Waals surface area contributed by atoms with E-state index in [2.05, 4.69) is 20.9 Å². The van der Waals surface area contributed by atoms with Crippen molar-refractivity contribution in [3.05, 3.63) is 123 Å². The summed E-state index contributed by atoms with van der Waals surface area (Å²) in [6.45, 7) is 1.78. The van der Waals surface area contributed by atoms with Crippen molar-refractivity contribution in [2.45, 2.75) is 17.1 Å². The third-order valence-corrected chi connectivity index (χ3v) is 9.58. The molecule has 3 N–H and O–H groups in total. The van der Waals surface area contributed by atoms with Crippen molar-refractivity contribution in [2.75, 3.05) is 24.9 Å². The number of thioether (sulfide) groups is 1. The van der Waals surface area contributed by atoms with Crippen molar-refractivity contribution >= 4 is 80.9 Å². The Hall–Kier alpha value is -4.81.